The number of nitrogens with zero attached hydrogens (tertiary/aromatic N) is 1. The topological polar surface area (TPSA) is 31.2 Å². The lowest BCUT2D eigenvalue weighted by molar-refractivity contribution is 0.0526. The minimum Gasteiger partial charge on any atom is -0.462 e. The quantitative estimate of drug-likeness (QED) is 0.334. The van der Waals surface area contributed by atoms with Gasteiger partial charge in [0.15, 0.2) is 0 Å². The second kappa shape index (κ2) is 7.84. The summed E-state index contributed by atoms with van der Waals surface area (Å²) in [6, 6.07) is 15.8. The summed E-state index contributed by atoms with van der Waals surface area (Å²) in [5.74, 6) is -0.297. The fourth-order valence-corrected chi connectivity index (χ4v) is 3.80. The molecule has 0 bridgehead atoms. The highest BCUT2D eigenvalue weighted by molar-refractivity contribution is 14.1. The Kier molecular flexibility index (Phi) is 5.73. The summed E-state index contributed by atoms with van der Waals surface area (Å²) < 4.78 is 8.51. The highest BCUT2D eigenvalue weighted by atomic mass is 127. The molecule has 1 heterocycles. The Labute approximate surface area is 172 Å². The molecule has 0 aliphatic rings. The van der Waals surface area contributed by atoms with Crippen molar-refractivity contribution in [3.63, 3.8) is 0 Å². The molecule has 0 spiro atoms. The average Bonchev–Trinajstić information content (AvgIpc) is 2.88. The van der Waals surface area contributed by atoms with Crippen LogP contribution in [-0.4, -0.2) is 17.1 Å². The molecule has 0 saturated carbocycles. The van der Waals surface area contributed by atoms with Crippen LogP contribution < -0.4 is 0 Å². The van der Waals surface area contributed by atoms with Gasteiger partial charge in [-0.25, -0.2) is 4.79 Å². The number of rotatable bonds is 4. The van der Waals surface area contributed by atoms with Crippen molar-refractivity contribution in [1.29, 1.82) is 0 Å². The number of ether oxygens (including phenoxy) is 1. The average molecular weight is 480 g/mol. The van der Waals surface area contributed by atoms with Crippen molar-refractivity contribution in [3.05, 3.63) is 68.4 Å². The molecule has 1 aromatic heterocycles. The van der Waals surface area contributed by atoms with Crippen molar-refractivity contribution in [1.82, 2.24) is 4.57 Å². The first-order valence-corrected chi connectivity index (χ1v) is 9.78. The van der Waals surface area contributed by atoms with Gasteiger partial charge >= 0.3 is 5.97 Å². The number of carbonyl (C=O) groups excluding carboxylic acids is 1. The van der Waals surface area contributed by atoms with E-state index in [1.54, 1.807) is 0 Å². The van der Waals surface area contributed by atoms with Crippen LogP contribution in [-0.2, 0) is 11.8 Å². The van der Waals surface area contributed by atoms with Gasteiger partial charge in [-0.2, -0.15) is 0 Å². The normalized spacial score (nSPS) is 10.8. The number of aromatic nitrogens is 1. The third kappa shape index (κ3) is 3.53. The Morgan fingerprint density at radius 1 is 1.15 bits per heavy atom. The summed E-state index contributed by atoms with van der Waals surface area (Å²) in [5.41, 5.74) is 5.36. The van der Waals surface area contributed by atoms with E-state index in [2.05, 4.69) is 28.7 Å². The van der Waals surface area contributed by atoms with Gasteiger partial charge in [0.1, 0.15) is 0 Å². The lowest BCUT2D eigenvalue weighted by Crippen LogP contribution is -2.07. The maximum absolute atomic E-state index is 12.7. The number of hydrogen-bond donors (Lipinski definition) is 0. The number of hydrogen-bond acceptors (Lipinski definition) is 2. The van der Waals surface area contributed by atoms with Gasteiger partial charge in [0, 0.05) is 26.9 Å². The van der Waals surface area contributed by atoms with Gasteiger partial charge < -0.3 is 9.30 Å². The molecule has 5 heteroatoms. The summed E-state index contributed by atoms with van der Waals surface area (Å²) in [6.07, 6.45) is 0. The molecule has 0 unspecified atom stereocenters. The van der Waals surface area contributed by atoms with Gasteiger partial charge in [-0.15, -0.1) is 0 Å². The smallest absolute Gasteiger partial charge is 0.340 e. The molecule has 2 aromatic carbocycles. The molecule has 3 aromatic rings. The number of carbonyl (C=O) groups is 1. The molecule has 26 heavy (non-hydrogen) atoms. The molecular weight excluding hydrogens is 461 g/mol. The lowest BCUT2D eigenvalue weighted by atomic mass is 9.97. The van der Waals surface area contributed by atoms with E-state index in [1.165, 1.54) is 0 Å². The van der Waals surface area contributed by atoms with E-state index < -0.39 is 0 Å². The molecule has 3 nitrogen and oxygen atoms in total. The Morgan fingerprint density at radius 3 is 2.46 bits per heavy atom. The van der Waals surface area contributed by atoms with E-state index >= 15 is 0 Å². The van der Waals surface area contributed by atoms with E-state index in [9.17, 15) is 4.79 Å². The monoisotopic (exact) mass is 479 g/mol. The van der Waals surface area contributed by atoms with Crippen molar-refractivity contribution in [2.24, 2.45) is 7.05 Å². The summed E-state index contributed by atoms with van der Waals surface area (Å²) in [7, 11) is 1.97. The second-order valence-corrected chi connectivity index (χ2v) is 7.66. The zero-order valence-corrected chi connectivity index (χ0v) is 17.8. The summed E-state index contributed by atoms with van der Waals surface area (Å²) in [5, 5.41) is 0.682. The minimum atomic E-state index is -0.297. The Bertz CT molecular complexity index is 961. The van der Waals surface area contributed by atoms with Gasteiger partial charge in [0.25, 0.3) is 0 Å². The molecule has 3 rings (SSSR count). The molecule has 0 N–H and O–H groups in total. The van der Waals surface area contributed by atoms with Crippen LogP contribution in [0.15, 0.2) is 48.5 Å². The van der Waals surface area contributed by atoms with Crippen LogP contribution in [0.25, 0.3) is 22.4 Å². The van der Waals surface area contributed by atoms with E-state index in [0.29, 0.717) is 17.2 Å². The van der Waals surface area contributed by atoms with Crippen LogP contribution >= 0.6 is 34.2 Å². The SMILES string of the molecule is CCOC(=O)c1c(-c2cccc(I)c2)c(-c2ccc(Cl)cc2)n(C)c1C. The standard InChI is InChI=1S/C21H19ClINO2/c1-4-26-21(25)18-13(2)24(3)20(14-8-10-16(22)11-9-14)19(18)15-6-5-7-17(23)12-15/h5-12H,4H2,1-3H3. The van der Waals surface area contributed by atoms with Crippen molar-refractivity contribution >= 4 is 40.2 Å². The largest absolute Gasteiger partial charge is 0.462 e. The molecule has 0 radical (unpaired) electrons. The van der Waals surface area contributed by atoms with Gasteiger partial charge in [-0.3, -0.25) is 0 Å². The number of halogens is 2. The predicted molar refractivity (Wildman–Crippen MR) is 115 cm³/mol. The van der Waals surface area contributed by atoms with Crippen molar-refractivity contribution < 1.29 is 9.53 Å². The molecule has 0 atom stereocenters. The van der Waals surface area contributed by atoms with E-state index in [1.807, 2.05) is 67.9 Å². The fraction of sp³-hybridized carbons (Fsp3) is 0.190. The highest BCUT2D eigenvalue weighted by Crippen LogP contribution is 2.39. The zero-order chi connectivity index (χ0) is 18.8. The number of esters is 1. The minimum absolute atomic E-state index is 0.297. The lowest BCUT2D eigenvalue weighted by Gasteiger charge is -2.10. The molecule has 134 valence electrons. The third-order valence-corrected chi connectivity index (χ3v) is 5.32. The zero-order valence-electron chi connectivity index (χ0n) is 14.8. The maximum atomic E-state index is 12.7. The first-order chi connectivity index (χ1) is 12.4. The van der Waals surface area contributed by atoms with Crippen LogP contribution in [0, 0.1) is 10.5 Å². The molecule has 0 aliphatic heterocycles. The fourth-order valence-electron chi connectivity index (χ4n) is 3.13. The van der Waals surface area contributed by atoms with Gasteiger partial charge in [0.2, 0.25) is 0 Å². The number of benzene rings is 2. The maximum Gasteiger partial charge on any atom is 0.340 e. The Balaban J connectivity index is 2.34. The highest BCUT2D eigenvalue weighted by Gasteiger charge is 2.26. The van der Waals surface area contributed by atoms with Crippen LogP contribution in [0.4, 0.5) is 0 Å². The molecule has 0 aliphatic carbocycles. The van der Waals surface area contributed by atoms with Crippen LogP contribution in [0.5, 0.6) is 0 Å². The van der Waals surface area contributed by atoms with Gasteiger partial charge in [-0.05, 0) is 71.8 Å². The summed E-state index contributed by atoms with van der Waals surface area (Å²) >= 11 is 8.35. The van der Waals surface area contributed by atoms with Crippen LogP contribution in [0.2, 0.25) is 5.02 Å². The third-order valence-electron chi connectivity index (χ3n) is 4.40. The summed E-state index contributed by atoms with van der Waals surface area (Å²) in [6.45, 7) is 4.11. The first-order valence-electron chi connectivity index (χ1n) is 8.32. The van der Waals surface area contributed by atoms with Gasteiger partial charge in [0.05, 0.1) is 17.9 Å². The van der Waals surface area contributed by atoms with Gasteiger partial charge in [-0.1, -0.05) is 35.9 Å². The molecular formula is C21H19ClINO2. The predicted octanol–water partition coefficient (Wildman–Crippen LogP) is 6.10. The van der Waals surface area contributed by atoms with E-state index in [4.69, 9.17) is 16.3 Å². The van der Waals surface area contributed by atoms with Crippen molar-refractivity contribution in [3.8, 4) is 22.4 Å². The van der Waals surface area contributed by atoms with E-state index in [0.717, 1.165) is 31.6 Å². The van der Waals surface area contributed by atoms with E-state index in [-0.39, 0.29) is 5.97 Å². The second-order valence-electron chi connectivity index (χ2n) is 5.98. The Morgan fingerprint density at radius 2 is 1.85 bits per heavy atom. The molecule has 0 fully saturated rings. The molecule has 0 saturated heterocycles. The summed E-state index contributed by atoms with van der Waals surface area (Å²) in [4.78, 5) is 12.7. The first kappa shape index (κ1) is 19.0. The van der Waals surface area contributed by atoms with Crippen molar-refractivity contribution in [2.45, 2.75) is 13.8 Å². The Hall–Kier alpha value is -1.79. The van der Waals surface area contributed by atoms with Crippen molar-refractivity contribution in [2.75, 3.05) is 6.61 Å². The van der Waals surface area contributed by atoms with Crippen LogP contribution in [0.1, 0.15) is 23.0 Å². The molecule has 0 amide bonds. The van der Waals surface area contributed by atoms with Crippen LogP contribution in [0.3, 0.4) is 0 Å².